The van der Waals surface area contributed by atoms with Gasteiger partial charge in [0.15, 0.2) is 0 Å². The summed E-state index contributed by atoms with van der Waals surface area (Å²) in [5.74, 6) is 1.76. The highest BCUT2D eigenvalue weighted by Gasteiger charge is 2.49. The zero-order valence-electron chi connectivity index (χ0n) is 34.0. The molecule has 0 atom stereocenters. The molecule has 296 valence electrons. The number of fused-ring (bicyclic) bond motifs is 12. The molecule has 2 aliphatic rings. The Labute approximate surface area is 369 Å². The average molecular weight is 824 g/mol. The van der Waals surface area contributed by atoms with Gasteiger partial charge in [0, 0.05) is 54.8 Å². The van der Waals surface area contributed by atoms with Crippen molar-refractivity contribution < 1.29 is 9.15 Å². The van der Waals surface area contributed by atoms with Crippen molar-refractivity contribution >= 4 is 61.5 Å². The van der Waals surface area contributed by atoms with Crippen molar-refractivity contribution in [1.82, 2.24) is 0 Å². The molecule has 4 heteroatoms. The predicted molar refractivity (Wildman–Crippen MR) is 259 cm³/mol. The van der Waals surface area contributed by atoms with Crippen LogP contribution in [0.5, 0.6) is 11.5 Å². The molecule has 0 bridgehead atoms. The lowest BCUT2D eigenvalue weighted by Crippen LogP contribution is -2.36. The maximum atomic E-state index is 6.87. The van der Waals surface area contributed by atoms with Gasteiger partial charge in [-0.05, 0) is 111 Å². The van der Waals surface area contributed by atoms with Crippen LogP contribution in [0.3, 0.4) is 0 Å². The van der Waals surface area contributed by atoms with Crippen LogP contribution >= 0.6 is 11.8 Å². The average Bonchev–Trinajstić information content (AvgIpc) is 3.72. The number of benzene rings is 10. The fraction of sp³-hybridized carbons (Fsp3) is 0.0169. The van der Waals surface area contributed by atoms with Crippen molar-refractivity contribution in [3.8, 4) is 33.8 Å². The summed E-state index contributed by atoms with van der Waals surface area (Å²) in [4.78, 5) is 4.85. The van der Waals surface area contributed by atoms with Crippen molar-refractivity contribution in [3.05, 3.63) is 247 Å². The van der Waals surface area contributed by atoms with E-state index in [1.54, 1.807) is 0 Å². The predicted octanol–water partition coefficient (Wildman–Crippen LogP) is 16.5. The number of rotatable bonds is 5. The summed E-state index contributed by atoms with van der Waals surface area (Å²) in [6.45, 7) is 0. The number of para-hydroxylation sites is 2. The molecule has 10 aromatic carbocycles. The van der Waals surface area contributed by atoms with Gasteiger partial charge in [-0.15, -0.1) is 0 Å². The molecule has 63 heavy (non-hydrogen) atoms. The summed E-state index contributed by atoms with van der Waals surface area (Å²) in [7, 11) is 0. The molecule has 0 N–H and O–H groups in total. The van der Waals surface area contributed by atoms with Gasteiger partial charge in [0.2, 0.25) is 0 Å². The van der Waals surface area contributed by atoms with Crippen LogP contribution in [-0.4, -0.2) is 0 Å². The van der Waals surface area contributed by atoms with E-state index in [2.05, 4.69) is 217 Å². The molecule has 0 unspecified atom stereocenters. The second-order valence-electron chi connectivity index (χ2n) is 16.4. The third-order valence-electron chi connectivity index (χ3n) is 13.0. The molecule has 1 spiro atoms. The second-order valence-corrected chi connectivity index (χ2v) is 17.5. The van der Waals surface area contributed by atoms with E-state index in [0.29, 0.717) is 0 Å². The summed E-state index contributed by atoms with van der Waals surface area (Å²) >= 11 is 1.85. The first kappa shape index (κ1) is 35.9. The summed E-state index contributed by atoms with van der Waals surface area (Å²) in [6, 6.07) is 80.8. The van der Waals surface area contributed by atoms with Crippen LogP contribution in [0.15, 0.2) is 239 Å². The van der Waals surface area contributed by atoms with Gasteiger partial charge in [-0.25, -0.2) is 0 Å². The Balaban J connectivity index is 0.919. The molecule has 0 saturated carbocycles. The largest absolute Gasteiger partial charge is 0.457 e. The van der Waals surface area contributed by atoms with E-state index in [-0.39, 0.29) is 0 Å². The lowest BCUT2D eigenvalue weighted by Gasteiger charge is -2.45. The van der Waals surface area contributed by atoms with Gasteiger partial charge in [-0.2, -0.15) is 0 Å². The molecule has 11 aromatic rings. The lowest BCUT2D eigenvalue weighted by atomic mass is 9.63. The first-order valence-electron chi connectivity index (χ1n) is 21.4. The maximum absolute atomic E-state index is 6.87. The topological polar surface area (TPSA) is 25.6 Å². The van der Waals surface area contributed by atoms with E-state index >= 15 is 0 Å². The SMILES string of the molecule is c1ccc2c(c1)Oc1cc(-c3ccc(N(c4ccc(-c5cccc6ccccc56)cc4)c4ccc5c(c4)oc4ccccc45)cc3)ccc1C21c2ccccc2Sc2ccccc21. The van der Waals surface area contributed by atoms with Crippen molar-refractivity contribution in [1.29, 1.82) is 0 Å². The van der Waals surface area contributed by atoms with Crippen LogP contribution in [0.4, 0.5) is 17.1 Å². The van der Waals surface area contributed by atoms with E-state index < -0.39 is 5.41 Å². The van der Waals surface area contributed by atoms with E-state index in [0.717, 1.165) is 67.2 Å². The van der Waals surface area contributed by atoms with Crippen LogP contribution in [0.2, 0.25) is 0 Å². The van der Waals surface area contributed by atoms with Gasteiger partial charge >= 0.3 is 0 Å². The monoisotopic (exact) mass is 823 g/mol. The fourth-order valence-electron chi connectivity index (χ4n) is 10.2. The molecule has 0 fully saturated rings. The molecule has 3 nitrogen and oxygen atoms in total. The minimum Gasteiger partial charge on any atom is -0.457 e. The number of ether oxygens (including phenoxy) is 1. The molecule has 3 heterocycles. The summed E-state index contributed by atoms with van der Waals surface area (Å²) in [5, 5.41) is 4.70. The molecule has 0 aliphatic carbocycles. The molecular formula is C59H37NO2S. The number of anilines is 3. The highest BCUT2D eigenvalue weighted by atomic mass is 32.2. The quantitative estimate of drug-likeness (QED) is 0.173. The van der Waals surface area contributed by atoms with E-state index in [4.69, 9.17) is 9.15 Å². The minimum atomic E-state index is -0.518. The number of nitrogens with zero attached hydrogens (tertiary/aromatic N) is 1. The molecule has 1 aromatic heterocycles. The number of hydrogen-bond donors (Lipinski definition) is 0. The van der Waals surface area contributed by atoms with E-state index in [1.807, 2.05) is 23.9 Å². The number of hydrogen-bond acceptors (Lipinski definition) is 4. The van der Waals surface area contributed by atoms with Crippen LogP contribution in [-0.2, 0) is 5.41 Å². The van der Waals surface area contributed by atoms with Crippen LogP contribution in [0.1, 0.15) is 22.3 Å². The third kappa shape index (κ3) is 5.55. The Morgan fingerprint density at radius 2 is 0.937 bits per heavy atom. The first-order chi connectivity index (χ1) is 31.2. The van der Waals surface area contributed by atoms with Crippen molar-refractivity contribution in [2.45, 2.75) is 15.2 Å². The van der Waals surface area contributed by atoms with Gasteiger partial charge in [-0.3, -0.25) is 0 Å². The zero-order chi connectivity index (χ0) is 41.5. The highest BCUT2D eigenvalue weighted by Crippen LogP contribution is 2.61. The normalized spacial score (nSPS) is 13.3. The minimum absolute atomic E-state index is 0.518. The molecule has 13 rings (SSSR count). The molecule has 0 amide bonds. The Morgan fingerprint density at radius 1 is 0.365 bits per heavy atom. The Morgan fingerprint density at radius 3 is 1.71 bits per heavy atom. The molecule has 0 radical (unpaired) electrons. The Hall–Kier alpha value is -7.79. The van der Waals surface area contributed by atoms with Crippen molar-refractivity contribution in [2.24, 2.45) is 0 Å². The van der Waals surface area contributed by atoms with Crippen LogP contribution < -0.4 is 9.64 Å². The smallest absolute Gasteiger partial charge is 0.137 e. The van der Waals surface area contributed by atoms with Gasteiger partial charge in [-0.1, -0.05) is 163 Å². The Bertz CT molecular complexity index is 3520. The zero-order valence-corrected chi connectivity index (χ0v) is 34.9. The second kappa shape index (κ2) is 14.1. The lowest BCUT2D eigenvalue weighted by molar-refractivity contribution is 0.431. The number of furan rings is 1. The van der Waals surface area contributed by atoms with Crippen LogP contribution in [0.25, 0.3) is 55.0 Å². The highest BCUT2D eigenvalue weighted by molar-refractivity contribution is 7.99. The van der Waals surface area contributed by atoms with Gasteiger partial charge < -0.3 is 14.1 Å². The van der Waals surface area contributed by atoms with E-state index in [9.17, 15) is 0 Å². The molecule has 2 aliphatic heterocycles. The maximum Gasteiger partial charge on any atom is 0.137 e. The summed E-state index contributed by atoms with van der Waals surface area (Å²) in [5.41, 5.74) is 13.8. The van der Waals surface area contributed by atoms with Gasteiger partial charge in [0.1, 0.15) is 22.7 Å². The standard InChI is InChI=1S/C59H37NO2S/c1-2-14-45-39(12-1)13-11-16-46(45)40-26-31-43(32-27-40)60(44-33-34-48-47-15-3-7-20-53(47)61-55(48)37-44)42-29-24-38(25-30-42)41-28-35-50-56(36-41)62-54-21-8-4-17-49(54)59(50)51-18-5-9-22-57(51)63-58-23-10-6-19-52(58)59/h1-37H. The summed E-state index contributed by atoms with van der Waals surface area (Å²) < 4.78 is 13.3. The summed E-state index contributed by atoms with van der Waals surface area (Å²) in [6.07, 6.45) is 0. The van der Waals surface area contributed by atoms with E-state index in [1.165, 1.54) is 48.4 Å². The van der Waals surface area contributed by atoms with Crippen molar-refractivity contribution in [2.75, 3.05) is 4.90 Å². The van der Waals surface area contributed by atoms with Gasteiger partial charge in [0.05, 0.1) is 5.41 Å². The van der Waals surface area contributed by atoms with Gasteiger partial charge in [0.25, 0.3) is 0 Å². The molecule has 0 saturated heterocycles. The molecular weight excluding hydrogens is 787 g/mol. The third-order valence-corrected chi connectivity index (χ3v) is 14.2. The Kier molecular flexibility index (Phi) is 8.06. The first-order valence-corrected chi connectivity index (χ1v) is 22.2. The fourth-order valence-corrected chi connectivity index (χ4v) is 11.4. The van der Waals surface area contributed by atoms with Crippen molar-refractivity contribution in [3.63, 3.8) is 0 Å². The van der Waals surface area contributed by atoms with Crippen LogP contribution in [0, 0.1) is 0 Å².